The van der Waals surface area contributed by atoms with Crippen LogP contribution in [-0.4, -0.2) is 0 Å². The number of halogens is 2. The molecular weight excluding hydrogens is 269 g/mol. The fourth-order valence-corrected chi connectivity index (χ4v) is 2.15. The number of rotatable bonds is 2. The Morgan fingerprint density at radius 2 is 1.50 bits per heavy atom. The summed E-state index contributed by atoms with van der Waals surface area (Å²) in [6.07, 6.45) is 0. The average molecular weight is 280 g/mol. The lowest BCUT2D eigenvalue weighted by molar-refractivity contribution is 0.599. The molecule has 0 saturated carbocycles. The molecule has 1 nitrogen and oxygen atoms in total. The van der Waals surface area contributed by atoms with Crippen LogP contribution >= 0.6 is 15.9 Å². The molecule has 0 heterocycles. The van der Waals surface area contributed by atoms with Crippen LogP contribution in [0.3, 0.4) is 0 Å². The third kappa shape index (κ3) is 2.15. The topological polar surface area (TPSA) is 26.0 Å². The first-order chi connectivity index (χ1) is 7.70. The average Bonchev–Trinajstić information content (AvgIpc) is 2.29. The van der Waals surface area contributed by atoms with Crippen molar-refractivity contribution in [1.29, 1.82) is 0 Å². The third-order valence-electron chi connectivity index (χ3n) is 2.48. The summed E-state index contributed by atoms with van der Waals surface area (Å²) >= 11 is 3.42. The Labute approximate surface area is 102 Å². The van der Waals surface area contributed by atoms with Gasteiger partial charge in [-0.15, -0.1) is 0 Å². The predicted molar refractivity (Wildman–Crippen MR) is 66.6 cm³/mol. The highest BCUT2D eigenvalue weighted by Gasteiger charge is 2.14. The Kier molecular flexibility index (Phi) is 3.36. The maximum atomic E-state index is 13.6. The van der Waals surface area contributed by atoms with E-state index >= 15 is 0 Å². The van der Waals surface area contributed by atoms with Crippen LogP contribution in [0.4, 0.5) is 4.39 Å². The standard InChI is InChI=1S/C13H11BrFN/c14-11-7-3-1-5-9(11)13(16)10-6-2-4-8-12(10)15/h1-8,13H,16H2. The monoisotopic (exact) mass is 279 g/mol. The van der Waals surface area contributed by atoms with E-state index in [0.717, 1.165) is 10.0 Å². The molecular formula is C13H11BrFN. The molecule has 1 atom stereocenters. The van der Waals surface area contributed by atoms with Crippen molar-refractivity contribution >= 4 is 15.9 Å². The van der Waals surface area contributed by atoms with E-state index in [1.165, 1.54) is 6.07 Å². The van der Waals surface area contributed by atoms with E-state index in [-0.39, 0.29) is 5.82 Å². The summed E-state index contributed by atoms with van der Waals surface area (Å²) in [5.41, 5.74) is 7.44. The lowest BCUT2D eigenvalue weighted by atomic mass is 9.99. The zero-order valence-corrected chi connectivity index (χ0v) is 10.1. The molecule has 82 valence electrons. The Balaban J connectivity index is 2.44. The van der Waals surface area contributed by atoms with Crippen molar-refractivity contribution in [2.45, 2.75) is 6.04 Å². The van der Waals surface area contributed by atoms with Gasteiger partial charge >= 0.3 is 0 Å². The molecule has 0 saturated heterocycles. The molecule has 16 heavy (non-hydrogen) atoms. The molecule has 0 radical (unpaired) electrons. The van der Waals surface area contributed by atoms with Crippen molar-refractivity contribution < 1.29 is 4.39 Å². The van der Waals surface area contributed by atoms with Crippen LogP contribution in [-0.2, 0) is 0 Å². The first-order valence-corrected chi connectivity index (χ1v) is 5.74. The second-order valence-corrected chi connectivity index (χ2v) is 4.38. The van der Waals surface area contributed by atoms with Crippen molar-refractivity contribution in [3.63, 3.8) is 0 Å². The fourth-order valence-electron chi connectivity index (χ4n) is 1.62. The maximum absolute atomic E-state index is 13.6. The number of nitrogens with two attached hydrogens (primary N) is 1. The van der Waals surface area contributed by atoms with Gasteiger partial charge < -0.3 is 5.73 Å². The molecule has 1 unspecified atom stereocenters. The molecule has 2 aromatic carbocycles. The zero-order valence-electron chi connectivity index (χ0n) is 8.53. The SMILES string of the molecule is NC(c1ccccc1F)c1ccccc1Br. The van der Waals surface area contributed by atoms with E-state index in [0.29, 0.717) is 5.56 Å². The van der Waals surface area contributed by atoms with Crippen molar-refractivity contribution in [2.75, 3.05) is 0 Å². The molecule has 0 bridgehead atoms. The Hall–Kier alpha value is -1.19. The van der Waals surface area contributed by atoms with E-state index in [9.17, 15) is 4.39 Å². The van der Waals surface area contributed by atoms with Gasteiger partial charge in [0, 0.05) is 10.0 Å². The molecule has 0 aliphatic rings. The summed E-state index contributed by atoms with van der Waals surface area (Å²) < 4.78 is 14.5. The quantitative estimate of drug-likeness (QED) is 0.893. The van der Waals surface area contributed by atoms with Gasteiger partial charge in [0.15, 0.2) is 0 Å². The molecule has 0 aliphatic heterocycles. The highest BCUT2D eigenvalue weighted by molar-refractivity contribution is 9.10. The van der Waals surface area contributed by atoms with Gasteiger partial charge in [-0.3, -0.25) is 0 Å². The van der Waals surface area contributed by atoms with E-state index in [1.54, 1.807) is 18.2 Å². The van der Waals surface area contributed by atoms with Crippen molar-refractivity contribution in [1.82, 2.24) is 0 Å². The smallest absolute Gasteiger partial charge is 0.128 e. The molecule has 0 spiro atoms. The summed E-state index contributed by atoms with van der Waals surface area (Å²) in [5, 5.41) is 0. The van der Waals surface area contributed by atoms with Crippen molar-refractivity contribution in [3.05, 3.63) is 69.9 Å². The number of hydrogen-bond donors (Lipinski definition) is 1. The number of hydrogen-bond acceptors (Lipinski definition) is 1. The van der Waals surface area contributed by atoms with Gasteiger partial charge in [-0.2, -0.15) is 0 Å². The van der Waals surface area contributed by atoms with Gasteiger partial charge in [-0.25, -0.2) is 4.39 Å². The highest BCUT2D eigenvalue weighted by Crippen LogP contribution is 2.27. The van der Waals surface area contributed by atoms with Gasteiger partial charge in [-0.05, 0) is 17.7 Å². The summed E-state index contributed by atoms with van der Waals surface area (Å²) in [6.45, 7) is 0. The minimum absolute atomic E-state index is 0.272. The van der Waals surface area contributed by atoms with E-state index < -0.39 is 6.04 Å². The molecule has 2 rings (SSSR count). The van der Waals surface area contributed by atoms with E-state index in [2.05, 4.69) is 15.9 Å². The second kappa shape index (κ2) is 4.76. The highest BCUT2D eigenvalue weighted by atomic mass is 79.9. The second-order valence-electron chi connectivity index (χ2n) is 3.52. The summed E-state index contributed by atoms with van der Waals surface area (Å²) in [5.74, 6) is -0.272. The third-order valence-corrected chi connectivity index (χ3v) is 3.20. The largest absolute Gasteiger partial charge is 0.320 e. The minimum atomic E-state index is -0.447. The van der Waals surface area contributed by atoms with Crippen LogP contribution in [0.5, 0.6) is 0 Å². The molecule has 0 aromatic heterocycles. The van der Waals surface area contributed by atoms with Crippen molar-refractivity contribution in [3.8, 4) is 0 Å². The lowest BCUT2D eigenvalue weighted by Gasteiger charge is -2.14. The summed E-state index contributed by atoms with van der Waals surface area (Å²) in [7, 11) is 0. The number of benzene rings is 2. The van der Waals surface area contributed by atoms with Crippen LogP contribution in [0.1, 0.15) is 17.2 Å². The Morgan fingerprint density at radius 3 is 2.12 bits per heavy atom. The van der Waals surface area contributed by atoms with Crippen molar-refractivity contribution in [2.24, 2.45) is 5.73 Å². The molecule has 0 amide bonds. The lowest BCUT2D eigenvalue weighted by Crippen LogP contribution is -2.14. The Morgan fingerprint density at radius 1 is 0.938 bits per heavy atom. The van der Waals surface area contributed by atoms with E-state index in [4.69, 9.17) is 5.73 Å². The van der Waals surface area contributed by atoms with E-state index in [1.807, 2.05) is 24.3 Å². The van der Waals surface area contributed by atoms with Gasteiger partial charge in [0.25, 0.3) is 0 Å². The molecule has 0 aliphatic carbocycles. The van der Waals surface area contributed by atoms with Gasteiger partial charge in [-0.1, -0.05) is 52.3 Å². The molecule has 2 N–H and O–H groups in total. The van der Waals surface area contributed by atoms with Crippen LogP contribution in [0.15, 0.2) is 53.0 Å². The van der Waals surface area contributed by atoms with Gasteiger partial charge in [0.1, 0.15) is 5.82 Å². The van der Waals surface area contributed by atoms with Crippen LogP contribution in [0.2, 0.25) is 0 Å². The molecule has 3 heteroatoms. The minimum Gasteiger partial charge on any atom is -0.320 e. The predicted octanol–water partition coefficient (Wildman–Crippen LogP) is 3.64. The molecule has 0 fully saturated rings. The first-order valence-electron chi connectivity index (χ1n) is 4.94. The zero-order chi connectivity index (χ0) is 11.5. The first kappa shape index (κ1) is 11.3. The van der Waals surface area contributed by atoms with Gasteiger partial charge in [0.2, 0.25) is 0 Å². The summed E-state index contributed by atoms with van der Waals surface area (Å²) in [4.78, 5) is 0. The Bertz CT molecular complexity index is 453. The van der Waals surface area contributed by atoms with Crippen LogP contribution < -0.4 is 5.73 Å². The van der Waals surface area contributed by atoms with Gasteiger partial charge in [0.05, 0.1) is 6.04 Å². The fraction of sp³-hybridized carbons (Fsp3) is 0.0769. The normalized spacial score (nSPS) is 12.4. The maximum Gasteiger partial charge on any atom is 0.128 e. The van der Waals surface area contributed by atoms with Crippen LogP contribution in [0, 0.1) is 5.82 Å². The molecule has 2 aromatic rings. The van der Waals surface area contributed by atoms with Crippen LogP contribution in [0.25, 0.3) is 0 Å². The summed E-state index contributed by atoms with van der Waals surface area (Å²) in [6, 6.07) is 13.7.